The van der Waals surface area contributed by atoms with E-state index in [1.165, 1.54) is 11.8 Å². The highest BCUT2D eigenvalue weighted by Crippen LogP contribution is 2.30. The lowest BCUT2D eigenvalue weighted by Gasteiger charge is -2.08. The van der Waals surface area contributed by atoms with Crippen molar-refractivity contribution in [2.24, 2.45) is 5.92 Å². The molecule has 102 valence electrons. The predicted octanol–water partition coefficient (Wildman–Crippen LogP) is 3.93. The van der Waals surface area contributed by atoms with E-state index in [-0.39, 0.29) is 0 Å². The molecule has 0 spiro atoms. The molecule has 1 heterocycles. The Hall–Kier alpha value is -0.780. The van der Waals surface area contributed by atoms with Crippen LogP contribution in [0.5, 0.6) is 0 Å². The summed E-state index contributed by atoms with van der Waals surface area (Å²) in [4.78, 5) is 0. The molecule has 4 nitrogen and oxygen atoms in total. The van der Waals surface area contributed by atoms with Gasteiger partial charge in [-0.05, 0) is 34.0 Å². The van der Waals surface area contributed by atoms with Gasteiger partial charge in [0, 0.05) is 22.3 Å². The second-order valence-corrected chi connectivity index (χ2v) is 6.28. The SMILES string of the molecule is CC(C)Cn1nnnc1SCc1c(Cl)cccc1Cl. The summed E-state index contributed by atoms with van der Waals surface area (Å²) >= 11 is 13.8. The molecule has 1 aromatic carbocycles. The number of tetrazole rings is 1. The number of hydrogen-bond donors (Lipinski definition) is 0. The normalized spacial score (nSPS) is 11.2. The lowest BCUT2D eigenvalue weighted by atomic mass is 10.2. The zero-order valence-corrected chi connectivity index (χ0v) is 13.0. The fourth-order valence-electron chi connectivity index (χ4n) is 1.57. The Morgan fingerprint density at radius 1 is 1.26 bits per heavy atom. The fourth-order valence-corrected chi connectivity index (χ4v) is 3.20. The second kappa shape index (κ2) is 6.59. The van der Waals surface area contributed by atoms with Gasteiger partial charge in [-0.2, -0.15) is 0 Å². The molecule has 0 amide bonds. The third kappa shape index (κ3) is 3.84. The minimum absolute atomic E-state index is 0.492. The van der Waals surface area contributed by atoms with Crippen LogP contribution in [0.1, 0.15) is 19.4 Å². The molecule has 19 heavy (non-hydrogen) atoms. The molecule has 0 aliphatic rings. The van der Waals surface area contributed by atoms with Crippen molar-refractivity contribution in [3.05, 3.63) is 33.8 Å². The van der Waals surface area contributed by atoms with Crippen LogP contribution in [0, 0.1) is 5.92 Å². The van der Waals surface area contributed by atoms with Crippen LogP contribution in [-0.2, 0) is 12.3 Å². The highest BCUT2D eigenvalue weighted by Gasteiger charge is 2.11. The van der Waals surface area contributed by atoms with Gasteiger partial charge in [-0.1, -0.05) is 54.9 Å². The Kier molecular flexibility index (Phi) is 5.07. The van der Waals surface area contributed by atoms with Crippen molar-refractivity contribution >= 4 is 35.0 Å². The van der Waals surface area contributed by atoms with Crippen LogP contribution in [-0.4, -0.2) is 20.2 Å². The molecule has 0 N–H and O–H groups in total. The number of rotatable bonds is 5. The lowest BCUT2D eigenvalue weighted by Crippen LogP contribution is -2.07. The maximum absolute atomic E-state index is 6.14. The largest absolute Gasteiger partial charge is 0.220 e. The molecule has 7 heteroatoms. The Morgan fingerprint density at radius 2 is 1.95 bits per heavy atom. The Bertz CT molecular complexity index is 536. The van der Waals surface area contributed by atoms with Gasteiger partial charge in [-0.3, -0.25) is 0 Å². The van der Waals surface area contributed by atoms with Crippen LogP contribution in [0.3, 0.4) is 0 Å². The quantitative estimate of drug-likeness (QED) is 0.784. The van der Waals surface area contributed by atoms with Crippen LogP contribution in [0.4, 0.5) is 0 Å². The second-order valence-electron chi connectivity index (χ2n) is 4.53. The molecule has 2 aromatic rings. The smallest absolute Gasteiger partial charge is 0.209 e. The van der Waals surface area contributed by atoms with E-state index < -0.39 is 0 Å². The molecule has 0 aliphatic carbocycles. The molecule has 0 unspecified atom stereocenters. The number of benzene rings is 1. The Labute approximate surface area is 126 Å². The van der Waals surface area contributed by atoms with Crippen LogP contribution >= 0.6 is 35.0 Å². The molecule has 2 rings (SSSR count). The van der Waals surface area contributed by atoms with Gasteiger partial charge in [0.25, 0.3) is 0 Å². The first kappa shape index (κ1) is 14.6. The molecule has 0 saturated carbocycles. The zero-order valence-electron chi connectivity index (χ0n) is 10.7. The Morgan fingerprint density at radius 3 is 2.58 bits per heavy atom. The van der Waals surface area contributed by atoms with E-state index in [4.69, 9.17) is 23.2 Å². The van der Waals surface area contributed by atoms with E-state index >= 15 is 0 Å². The molecule has 1 aromatic heterocycles. The number of hydrogen-bond acceptors (Lipinski definition) is 4. The van der Waals surface area contributed by atoms with Crippen molar-refractivity contribution in [2.45, 2.75) is 31.3 Å². The third-order valence-corrected chi connectivity index (χ3v) is 4.14. The van der Waals surface area contributed by atoms with Crippen LogP contribution in [0.15, 0.2) is 23.4 Å². The van der Waals surface area contributed by atoms with Gasteiger partial charge in [-0.25, -0.2) is 4.68 Å². The maximum atomic E-state index is 6.14. The summed E-state index contributed by atoms with van der Waals surface area (Å²) in [5.74, 6) is 1.14. The summed E-state index contributed by atoms with van der Waals surface area (Å²) in [7, 11) is 0. The van der Waals surface area contributed by atoms with E-state index in [1.807, 2.05) is 18.2 Å². The highest BCUT2D eigenvalue weighted by atomic mass is 35.5. The summed E-state index contributed by atoms with van der Waals surface area (Å²) in [6, 6.07) is 5.50. The van der Waals surface area contributed by atoms with Gasteiger partial charge in [0.15, 0.2) is 0 Å². The fraction of sp³-hybridized carbons (Fsp3) is 0.417. The van der Waals surface area contributed by atoms with Crippen LogP contribution < -0.4 is 0 Å². The first-order valence-electron chi connectivity index (χ1n) is 5.89. The van der Waals surface area contributed by atoms with Gasteiger partial charge >= 0.3 is 0 Å². The van der Waals surface area contributed by atoms with E-state index in [0.717, 1.165) is 17.3 Å². The summed E-state index contributed by atoms with van der Waals surface area (Å²) in [6.45, 7) is 5.05. The van der Waals surface area contributed by atoms with Crippen molar-refractivity contribution in [3.63, 3.8) is 0 Å². The molecule has 0 saturated heterocycles. The van der Waals surface area contributed by atoms with Crippen LogP contribution in [0.2, 0.25) is 10.0 Å². The summed E-state index contributed by atoms with van der Waals surface area (Å²) in [6.07, 6.45) is 0. The minimum atomic E-state index is 0.492. The van der Waals surface area contributed by atoms with Crippen molar-refractivity contribution in [3.8, 4) is 0 Å². The first-order valence-corrected chi connectivity index (χ1v) is 7.64. The Balaban J connectivity index is 2.09. The number of halogens is 2. The predicted molar refractivity (Wildman–Crippen MR) is 78.7 cm³/mol. The van der Waals surface area contributed by atoms with E-state index in [0.29, 0.717) is 21.7 Å². The summed E-state index contributed by atoms with van der Waals surface area (Å²) in [5.41, 5.74) is 0.912. The average Bonchev–Trinajstić information content (AvgIpc) is 2.75. The topological polar surface area (TPSA) is 43.6 Å². The lowest BCUT2D eigenvalue weighted by molar-refractivity contribution is 0.446. The van der Waals surface area contributed by atoms with E-state index in [1.54, 1.807) is 4.68 Å². The van der Waals surface area contributed by atoms with Gasteiger partial charge < -0.3 is 0 Å². The molecular formula is C12H14Cl2N4S. The monoisotopic (exact) mass is 316 g/mol. The number of nitrogens with zero attached hydrogens (tertiary/aromatic N) is 4. The average molecular weight is 317 g/mol. The molecule has 0 radical (unpaired) electrons. The van der Waals surface area contributed by atoms with E-state index in [9.17, 15) is 0 Å². The number of aromatic nitrogens is 4. The first-order chi connectivity index (χ1) is 9.08. The third-order valence-electron chi connectivity index (χ3n) is 2.44. The maximum Gasteiger partial charge on any atom is 0.209 e. The molecular weight excluding hydrogens is 303 g/mol. The van der Waals surface area contributed by atoms with Gasteiger partial charge in [0.2, 0.25) is 5.16 Å². The van der Waals surface area contributed by atoms with Crippen molar-refractivity contribution in [1.29, 1.82) is 0 Å². The number of thioether (sulfide) groups is 1. The highest BCUT2D eigenvalue weighted by molar-refractivity contribution is 7.98. The van der Waals surface area contributed by atoms with Gasteiger partial charge in [0.05, 0.1) is 0 Å². The zero-order chi connectivity index (χ0) is 13.8. The molecule has 0 bridgehead atoms. The van der Waals surface area contributed by atoms with Crippen molar-refractivity contribution < 1.29 is 0 Å². The van der Waals surface area contributed by atoms with Crippen molar-refractivity contribution in [1.82, 2.24) is 20.2 Å². The van der Waals surface area contributed by atoms with Gasteiger partial charge in [0.1, 0.15) is 0 Å². The molecule has 0 fully saturated rings. The molecule has 0 aliphatic heterocycles. The van der Waals surface area contributed by atoms with Crippen LogP contribution in [0.25, 0.3) is 0 Å². The van der Waals surface area contributed by atoms with Crippen molar-refractivity contribution in [2.75, 3.05) is 0 Å². The molecule has 0 atom stereocenters. The minimum Gasteiger partial charge on any atom is -0.220 e. The summed E-state index contributed by atoms with van der Waals surface area (Å²) < 4.78 is 1.81. The van der Waals surface area contributed by atoms with E-state index in [2.05, 4.69) is 29.4 Å². The standard InChI is InChI=1S/C12H14Cl2N4S/c1-8(2)6-18-12(15-16-17-18)19-7-9-10(13)4-3-5-11(9)14/h3-5,8H,6-7H2,1-2H3. The van der Waals surface area contributed by atoms with Gasteiger partial charge in [-0.15, -0.1) is 5.10 Å². The summed E-state index contributed by atoms with van der Waals surface area (Å²) in [5, 5.41) is 13.8.